The number of aromatic nitrogens is 2. The highest BCUT2D eigenvalue weighted by molar-refractivity contribution is 6.09. The summed E-state index contributed by atoms with van der Waals surface area (Å²) in [7, 11) is 3.72. The predicted molar refractivity (Wildman–Crippen MR) is 189 cm³/mol. The summed E-state index contributed by atoms with van der Waals surface area (Å²) in [5.41, 5.74) is 1.69. The molecule has 0 bridgehead atoms. The molecule has 2 saturated heterocycles. The van der Waals surface area contributed by atoms with E-state index in [1.54, 1.807) is 24.1 Å². The number of hydrogen-bond acceptors (Lipinski definition) is 10. The summed E-state index contributed by atoms with van der Waals surface area (Å²) in [6.07, 6.45) is 1.89. The normalized spacial score (nSPS) is 18.1. The molecule has 1 unspecified atom stereocenters. The van der Waals surface area contributed by atoms with Crippen molar-refractivity contribution in [1.29, 1.82) is 5.26 Å². The first-order chi connectivity index (χ1) is 23.9. The maximum atomic E-state index is 13.9. The Morgan fingerprint density at radius 1 is 1.00 bits per heavy atom. The second-order valence-electron chi connectivity index (χ2n) is 12.6. The number of fused-ring (bicyclic) bond motifs is 1. The van der Waals surface area contributed by atoms with Crippen LogP contribution in [0.3, 0.4) is 0 Å². The molecule has 12 nitrogen and oxygen atoms in total. The van der Waals surface area contributed by atoms with Crippen LogP contribution in [0.5, 0.6) is 5.75 Å². The molecule has 4 aromatic rings. The lowest BCUT2D eigenvalue weighted by Crippen LogP contribution is -2.55. The van der Waals surface area contributed by atoms with E-state index in [1.807, 2.05) is 65.6 Å². The molecule has 0 aliphatic carbocycles. The summed E-state index contributed by atoms with van der Waals surface area (Å²) in [4.78, 5) is 42.5. The predicted octanol–water partition coefficient (Wildman–Crippen LogP) is 5.39. The van der Waals surface area contributed by atoms with E-state index in [-0.39, 0.29) is 24.6 Å². The van der Waals surface area contributed by atoms with E-state index in [4.69, 9.17) is 14.5 Å². The Kier molecular flexibility index (Phi) is 10.7. The number of amides is 2. The van der Waals surface area contributed by atoms with Crippen molar-refractivity contribution >= 4 is 40.2 Å². The lowest BCUT2D eigenvalue weighted by Gasteiger charge is -2.40. The van der Waals surface area contributed by atoms with Crippen LogP contribution in [0.15, 0.2) is 72.8 Å². The largest absolute Gasteiger partial charge is 0.497 e. The molecule has 2 amide bonds. The van der Waals surface area contributed by atoms with Gasteiger partial charge in [-0.05, 0) is 49.4 Å². The smallest absolute Gasteiger partial charge is 0.410 e. The third-order valence-electron chi connectivity index (χ3n) is 9.11. The van der Waals surface area contributed by atoms with Crippen molar-refractivity contribution in [3.8, 4) is 11.8 Å². The number of carbonyl (C=O) groups excluding carboxylic acids is 2. The number of rotatable bonds is 10. The minimum atomic E-state index is -0.461. The van der Waals surface area contributed by atoms with Crippen LogP contribution in [0.1, 0.15) is 35.3 Å². The molecule has 49 heavy (non-hydrogen) atoms. The zero-order valence-electron chi connectivity index (χ0n) is 28.0. The summed E-state index contributed by atoms with van der Waals surface area (Å²) in [5, 5.41) is 17.9. The Morgan fingerprint density at radius 3 is 2.61 bits per heavy atom. The summed E-state index contributed by atoms with van der Waals surface area (Å²) in [6.45, 7) is 4.00. The zero-order valence-corrected chi connectivity index (χ0v) is 28.0. The number of nitriles is 1. The lowest BCUT2D eigenvalue weighted by molar-refractivity contribution is 0.0768. The minimum absolute atomic E-state index is 0.124. The number of benzene rings is 3. The number of methoxy groups -OCH3 is 1. The minimum Gasteiger partial charge on any atom is -0.497 e. The molecule has 0 saturated carbocycles. The molecular weight excluding hydrogens is 620 g/mol. The Balaban J connectivity index is 1.24. The van der Waals surface area contributed by atoms with Gasteiger partial charge in [0.25, 0.3) is 5.91 Å². The average Bonchev–Trinajstić information content (AvgIpc) is 3.13. The maximum Gasteiger partial charge on any atom is 0.410 e. The Morgan fingerprint density at radius 2 is 1.82 bits per heavy atom. The van der Waals surface area contributed by atoms with Gasteiger partial charge in [-0.1, -0.05) is 54.6 Å². The molecule has 6 rings (SSSR count). The van der Waals surface area contributed by atoms with Crippen LogP contribution in [0.4, 0.5) is 22.2 Å². The van der Waals surface area contributed by atoms with Gasteiger partial charge in [-0.25, -0.2) is 9.78 Å². The van der Waals surface area contributed by atoms with Crippen molar-refractivity contribution in [3.63, 3.8) is 0 Å². The molecule has 0 spiro atoms. The first-order valence-corrected chi connectivity index (χ1v) is 16.7. The fourth-order valence-corrected chi connectivity index (χ4v) is 6.54. The highest BCUT2D eigenvalue weighted by atomic mass is 16.6. The summed E-state index contributed by atoms with van der Waals surface area (Å²) in [6, 6.07) is 24.5. The maximum absolute atomic E-state index is 13.9. The fourth-order valence-electron chi connectivity index (χ4n) is 6.54. The Hall–Kier alpha value is -5.41. The number of piperazine rings is 1. The monoisotopic (exact) mass is 662 g/mol. The molecule has 2 aliphatic rings. The molecule has 0 radical (unpaired) electrons. The Labute approximate surface area is 286 Å². The van der Waals surface area contributed by atoms with Crippen molar-refractivity contribution < 1.29 is 19.1 Å². The average molecular weight is 663 g/mol. The summed E-state index contributed by atoms with van der Waals surface area (Å²) < 4.78 is 11.1. The van der Waals surface area contributed by atoms with Gasteiger partial charge < -0.3 is 34.8 Å². The van der Waals surface area contributed by atoms with Gasteiger partial charge >= 0.3 is 6.09 Å². The molecule has 2 atom stereocenters. The van der Waals surface area contributed by atoms with Crippen molar-refractivity contribution in [2.45, 2.75) is 31.9 Å². The van der Waals surface area contributed by atoms with Crippen molar-refractivity contribution in [2.75, 3.05) is 69.0 Å². The number of nitrogens with one attached hydrogen (secondary N) is 2. The van der Waals surface area contributed by atoms with E-state index in [1.165, 1.54) is 0 Å². The first-order valence-electron chi connectivity index (χ1n) is 16.7. The van der Waals surface area contributed by atoms with Gasteiger partial charge in [0, 0.05) is 50.2 Å². The summed E-state index contributed by atoms with van der Waals surface area (Å²) >= 11 is 0. The van der Waals surface area contributed by atoms with E-state index in [2.05, 4.69) is 33.6 Å². The number of likely N-dealkylation sites (tertiary alicyclic amines) is 1. The van der Waals surface area contributed by atoms with Crippen LogP contribution < -0.4 is 20.3 Å². The molecule has 2 N–H and O–H groups in total. The number of carbonyl (C=O) groups is 2. The SMILES string of the molecule is COc1cc(NC(=O)c2cc(N3CCN(C(=O)OCc4ccccc4)[C@@H](CC#N)C3)nc(NCC3CCCN(C)C3)n2)c2ccccc2c1. The van der Waals surface area contributed by atoms with Crippen molar-refractivity contribution in [1.82, 2.24) is 19.8 Å². The van der Waals surface area contributed by atoms with E-state index < -0.39 is 12.1 Å². The quantitative estimate of drug-likeness (QED) is 0.228. The van der Waals surface area contributed by atoms with E-state index >= 15 is 0 Å². The molecule has 2 aliphatic heterocycles. The second-order valence-corrected chi connectivity index (χ2v) is 12.6. The fraction of sp³-hybridized carbons (Fsp3) is 0.378. The number of ether oxygens (including phenoxy) is 2. The number of hydrogen-bond donors (Lipinski definition) is 2. The Bertz CT molecular complexity index is 1810. The molecule has 12 heteroatoms. The standard InChI is InChI=1S/C37H42N8O4/c1-43-16-8-11-27(23-43)22-39-36-41-33(35(46)40-32-20-30(48-2)19-28-12-6-7-13-31(28)32)21-34(42-36)44-17-18-45(29(24-44)14-15-38)37(47)49-25-26-9-4-3-5-10-26/h3-7,9-10,12-13,19-21,27,29H,8,11,14,16-18,22-25H2,1-2H3,(H,40,46)(H,39,41,42)/t27?,29-/m0/s1. The van der Waals surface area contributed by atoms with Gasteiger partial charge in [0.2, 0.25) is 5.95 Å². The van der Waals surface area contributed by atoms with Crippen LogP contribution in [-0.2, 0) is 11.3 Å². The van der Waals surface area contributed by atoms with Crippen LogP contribution in [-0.4, -0.2) is 91.2 Å². The van der Waals surface area contributed by atoms with Crippen LogP contribution in [0.2, 0.25) is 0 Å². The lowest BCUT2D eigenvalue weighted by atomic mass is 9.99. The number of anilines is 3. The molecular formula is C37H42N8O4. The number of piperidine rings is 1. The van der Waals surface area contributed by atoms with E-state index in [9.17, 15) is 14.9 Å². The third-order valence-corrected chi connectivity index (χ3v) is 9.11. The van der Waals surface area contributed by atoms with Gasteiger partial charge in [0.1, 0.15) is 23.9 Å². The van der Waals surface area contributed by atoms with Gasteiger partial charge in [-0.2, -0.15) is 10.2 Å². The van der Waals surface area contributed by atoms with Crippen LogP contribution in [0, 0.1) is 17.2 Å². The molecule has 254 valence electrons. The molecule has 3 heterocycles. The van der Waals surface area contributed by atoms with Crippen LogP contribution >= 0.6 is 0 Å². The molecule has 2 fully saturated rings. The van der Waals surface area contributed by atoms with Gasteiger partial charge in [0.15, 0.2) is 0 Å². The van der Waals surface area contributed by atoms with E-state index in [0.29, 0.717) is 55.3 Å². The summed E-state index contributed by atoms with van der Waals surface area (Å²) in [5.74, 6) is 1.56. The van der Waals surface area contributed by atoms with Crippen molar-refractivity contribution in [3.05, 3.63) is 84.1 Å². The van der Waals surface area contributed by atoms with Gasteiger partial charge in [-0.15, -0.1) is 0 Å². The topological polar surface area (TPSA) is 136 Å². The van der Waals surface area contributed by atoms with Gasteiger partial charge in [0.05, 0.1) is 31.3 Å². The third kappa shape index (κ3) is 8.36. The van der Waals surface area contributed by atoms with Crippen LogP contribution in [0.25, 0.3) is 10.8 Å². The first kappa shape index (κ1) is 33.5. The highest BCUT2D eigenvalue weighted by Gasteiger charge is 2.33. The highest BCUT2D eigenvalue weighted by Crippen LogP contribution is 2.30. The van der Waals surface area contributed by atoms with Crippen molar-refractivity contribution in [2.24, 2.45) is 5.92 Å². The molecule has 3 aromatic carbocycles. The van der Waals surface area contributed by atoms with Gasteiger partial charge in [-0.3, -0.25) is 4.79 Å². The zero-order chi connectivity index (χ0) is 34.2. The second kappa shape index (κ2) is 15.7. The molecule has 1 aromatic heterocycles. The van der Waals surface area contributed by atoms with E-state index in [0.717, 1.165) is 42.3 Å². The number of nitrogens with zero attached hydrogens (tertiary/aromatic N) is 6.